The van der Waals surface area contributed by atoms with Gasteiger partial charge in [0, 0.05) is 28.6 Å². The third kappa shape index (κ3) is 4.19. The summed E-state index contributed by atoms with van der Waals surface area (Å²) >= 11 is 2.30. The molecule has 1 heterocycles. The van der Waals surface area contributed by atoms with Gasteiger partial charge < -0.3 is 0 Å². The number of thioether (sulfide) groups is 1. The van der Waals surface area contributed by atoms with E-state index in [0.717, 1.165) is 34.2 Å². The summed E-state index contributed by atoms with van der Waals surface area (Å²) in [6.45, 7) is 24.1. The third-order valence-corrected chi connectivity index (χ3v) is 7.23. The van der Waals surface area contributed by atoms with Crippen molar-refractivity contribution in [3.05, 3.63) is 0 Å². The minimum atomic E-state index is 0.633. The fraction of sp³-hybridized carbons (Fsp3) is 1.00. The molecule has 1 fully saturated rings. The van der Waals surface area contributed by atoms with Gasteiger partial charge in [-0.05, 0) is 37.5 Å². The molecule has 0 amide bonds. The van der Waals surface area contributed by atoms with Gasteiger partial charge in [0.05, 0.1) is 0 Å². The van der Waals surface area contributed by atoms with Gasteiger partial charge in [0.1, 0.15) is 0 Å². The second kappa shape index (κ2) is 7.73. The van der Waals surface area contributed by atoms with E-state index in [9.17, 15) is 0 Å². The van der Waals surface area contributed by atoms with Crippen LogP contribution in [0, 0.1) is 23.7 Å². The van der Waals surface area contributed by atoms with Crippen LogP contribution >= 0.6 is 11.8 Å². The highest BCUT2D eigenvalue weighted by molar-refractivity contribution is 8.00. The van der Waals surface area contributed by atoms with E-state index in [1.807, 2.05) is 0 Å². The maximum atomic E-state index is 2.89. The molecule has 1 saturated heterocycles. The van der Waals surface area contributed by atoms with Crippen LogP contribution in [0.3, 0.4) is 0 Å². The Morgan fingerprint density at radius 1 is 0.571 bits per heavy atom. The molecule has 0 radical (unpaired) electrons. The smallest absolute Gasteiger partial charge is 0.0246 e. The van der Waals surface area contributed by atoms with Gasteiger partial charge in [0.15, 0.2) is 0 Å². The van der Waals surface area contributed by atoms with Crippen molar-refractivity contribution in [2.45, 2.75) is 97.9 Å². The fourth-order valence-electron chi connectivity index (χ4n) is 4.12. The maximum absolute atomic E-state index is 2.89. The Balaban J connectivity index is 3.28. The van der Waals surface area contributed by atoms with Crippen molar-refractivity contribution in [2.75, 3.05) is 0 Å². The monoisotopic (exact) mass is 313 g/mol. The number of nitrogens with zero attached hydrogens (tertiary/aromatic N) is 1. The second-order valence-corrected chi connectivity index (χ2v) is 9.92. The molecular weight excluding hydrogens is 274 g/mol. The predicted molar refractivity (Wildman–Crippen MR) is 99.1 cm³/mol. The lowest BCUT2D eigenvalue weighted by atomic mass is 9.84. The highest BCUT2D eigenvalue weighted by atomic mass is 32.2. The van der Waals surface area contributed by atoms with Crippen molar-refractivity contribution in [3.8, 4) is 0 Å². The zero-order chi connectivity index (χ0) is 16.5. The van der Waals surface area contributed by atoms with Crippen LogP contribution in [0.2, 0.25) is 0 Å². The first-order valence-corrected chi connectivity index (χ1v) is 9.96. The van der Waals surface area contributed by atoms with Crippen LogP contribution in [0.25, 0.3) is 0 Å². The molecule has 0 aromatic heterocycles. The Hall–Kier alpha value is 0.310. The van der Waals surface area contributed by atoms with Gasteiger partial charge in [-0.3, -0.25) is 4.90 Å². The SMILES string of the molecule is CC(C)C1SC(C(C)C)C(C(C)C)N(C(C)C)C1C(C)C. The highest BCUT2D eigenvalue weighted by Gasteiger charge is 2.47. The molecule has 0 aliphatic carbocycles. The quantitative estimate of drug-likeness (QED) is 0.655. The number of hydrogen-bond acceptors (Lipinski definition) is 2. The predicted octanol–water partition coefficient (Wildman–Crippen LogP) is 5.54. The first kappa shape index (κ1) is 19.4. The lowest BCUT2D eigenvalue weighted by molar-refractivity contribution is 0.0202. The average Bonchev–Trinajstić information content (AvgIpc) is 2.34. The molecule has 0 spiro atoms. The van der Waals surface area contributed by atoms with Gasteiger partial charge in [-0.25, -0.2) is 0 Å². The van der Waals surface area contributed by atoms with E-state index in [1.165, 1.54) is 0 Å². The van der Waals surface area contributed by atoms with Gasteiger partial charge in [-0.2, -0.15) is 11.8 Å². The van der Waals surface area contributed by atoms with E-state index >= 15 is 0 Å². The minimum Gasteiger partial charge on any atom is -0.292 e. The molecule has 1 rings (SSSR count). The zero-order valence-electron chi connectivity index (χ0n) is 16.1. The average molecular weight is 314 g/mol. The van der Waals surface area contributed by atoms with E-state index in [0.29, 0.717) is 18.1 Å². The molecule has 21 heavy (non-hydrogen) atoms. The molecule has 4 atom stereocenters. The molecule has 0 aromatic rings. The standard InChI is InChI=1S/C19H39NS/c1-11(2)16-18(13(5)6)21-19(14(7)8)17(12(3)4)20(16)15(9)10/h11-19H,1-10H3. The zero-order valence-corrected chi connectivity index (χ0v) is 16.9. The van der Waals surface area contributed by atoms with Crippen LogP contribution in [0.15, 0.2) is 0 Å². The Morgan fingerprint density at radius 3 is 1.10 bits per heavy atom. The topological polar surface area (TPSA) is 3.24 Å². The van der Waals surface area contributed by atoms with Crippen molar-refractivity contribution in [2.24, 2.45) is 23.7 Å². The van der Waals surface area contributed by atoms with Crippen LogP contribution in [-0.2, 0) is 0 Å². The first-order valence-electron chi connectivity index (χ1n) is 9.02. The molecule has 126 valence electrons. The van der Waals surface area contributed by atoms with Crippen LogP contribution in [-0.4, -0.2) is 33.5 Å². The van der Waals surface area contributed by atoms with Gasteiger partial charge in [0.2, 0.25) is 0 Å². The van der Waals surface area contributed by atoms with Crippen molar-refractivity contribution in [3.63, 3.8) is 0 Å². The summed E-state index contributed by atoms with van der Waals surface area (Å²) < 4.78 is 0. The van der Waals surface area contributed by atoms with E-state index in [-0.39, 0.29) is 0 Å². The summed E-state index contributed by atoms with van der Waals surface area (Å²) in [6, 6.07) is 2.04. The maximum Gasteiger partial charge on any atom is 0.0246 e. The number of hydrogen-bond donors (Lipinski definition) is 0. The Morgan fingerprint density at radius 2 is 0.905 bits per heavy atom. The van der Waals surface area contributed by atoms with E-state index in [2.05, 4.69) is 85.9 Å². The lowest BCUT2D eigenvalue weighted by Gasteiger charge is -2.56. The lowest BCUT2D eigenvalue weighted by Crippen LogP contribution is -2.64. The van der Waals surface area contributed by atoms with Crippen LogP contribution in [0.1, 0.15) is 69.2 Å². The van der Waals surface area contributed by atoms with Gasteiger partial charge in [-0.1, -0.05) is 55.4 Å². The summed E-state index contributed by atoms with van der Waals surface area (Å²) in [5, 5.41) is 1.52. The van der Waals surface area contributed by atoms with Gasteiger partial charge in [-0.15, -0.1) is 0 Å². The highest BCUT2D eigenvalue weighted by Crippen LogP contribution is 2.46. The molecule has 0 N–H and O–H groups in total. The van der Waals surface area contributed by atoms with Crippen molar-refractivity contribution >= 4 is 11.8 Å². The van der Waals surface area contributed by atoms with Gasteiger partial charge >= 0.3 is 0 Å². The summed E-state index contributed by atoms with van der Waals surface area (Å²) in [5.41, 5.74) is 0. The normalized spacial score (nSPS) is 32.1. The van der Waals surface area contributed by atoms with E-state index in [4.69, 9.17) is 0 Å². The summed E-state index contributed by atoms with van der Waals surface area (Å²) in [6.07, 6.45) is 0. The molecule has 1 nitrogen and oxygen atoms in total. The fourth-order valence-corrected chi connectivity index (χ4v) is 6.34. The first-order chi connectivity index (χ1) is 9.59. The van der Waals surface area contributed by atoms with Crippen molar-refractivity contribution < 1.29 is 0 Å². The van der Waals surface area contributed by atoms with Crippen LogP contribution in [0.5, 0.6) is 0 Å². The molecular formula is C19H39NS. The Labute approximate surface area is 138 Å². The molecule has 0 bridgehead atoms. The number of rotatable bonds is 5. The van der Waals surface area contributed by atoms with Crippen LogP contribution < -0.4 is 0 Å². The molecule has 0 aromatic carbocycles. The van der Waals surface area contributed by atoms with E-state index in [1.54, 1.807) is 0 Å². The molecule has 2 heteroatoms. The van der Waals surface area contributed by atoms with Crippen LogP contribution in [0.4, 0.5) is 0 Å². The summed E-state index contributed by atoms with van der Waals surface area (Å²) in [5.74, 6) is 2.94. The summed E-state index contributed by atoms with van der Waals surface area (Å²) in [7, 11) is 0. The van der Waals surface area contributed by atoms with Gasteiger partial charge in [0.25, 0.3) is 0 Å². The molecule has 4 unspecified atom stereocenters. The summed E-state index contributed by atoms with van der Waals surface area (Å²) in [4.78, 5) is 2.89. The second-order valence-electron chi connectivity index (χ2n) is 8.56. The largest absolute Gasteiger partial charge is 0.292 e. The van der Waals surface area contributed by atoms with Crippen molar-refractivity contribution in [1.82, 2.24) is 4.90 Å². The molecule has 1 aliphatic rings. The van der Waals surface area contributed by atoms with E-state index < -0.39 is 0 Å². The molecule has 0 saturated carbocycles. The molecule has 1 aliphatic heterocycles. The minimum absolute atomic E-state index is 0.633. The third-order valence-electron chi connectivity index (χ3n) is 4.95. The Kier molecular flexibility index (Phi) is 7.12. The van der Waals surface area contributed by atoms with Crippen molar-refractivity contribution in [1.29, 1.82) is 0 Å². The Bertz CT molecular complexity index is 283.